The fraction of sp³-hybridized carbons (Fsp3) is 0.250. The maximum atomic E-state index is 12.5. The molecule has 3 aliphatic rings. The molecule has 1 spiro atoms. The van der Waals surface area contributed by atoms with Crippen molar-refractivity contribution in [3.05, 3.63) is 63.1 Å². The van der Waals surface area contributed by atoms with E-state index in [9.17, 15) is 9.59 Å². The number of anilines is 1. The van der Waals surface area contributed by atoms with E-state index >= 15 is 0 Å². The Morgan fingerprint density at radius 1 is 1.29 bits per heavy atom. The van der Waals surface area contributed by atoms with E-state index in [0.29, 0.717) is 17.3 Å². The summed E-state index contributed by atoms with van der Waals surface area (Å²) >= 11 is 1.48. The number of fused-ring (bicyclic) bond motifs is 3. The molecule has 2 aliphatic heterocycles. The molecular weight excluding hydrogens is 454 g/mol. The number of aromatic nitrogens is 3. The Kier molecular flexibility index (Phi) is 4.50. The van der Waals surface area contributed by atoms with Crippen LogP contribution >= 0.6 is 11.3 Å². The number of hydrogen-bond donors (Lipinski definition) is 1. The average molecular weight is 474 g/mol. The molecule has 1 saturated heterocycles. The molecule has 0 bridgehead atoms. The Morgan fingerprint density at radius 2 is 2.09 bits per heavy atom. The standard InChI is InChI=1S/C24H19N5O4S/c1-14(15-6-4-3-5-7-15)32-23(31)25-21-17(26-27-28(21)2)9-8-16-12-18-19(34-16)13-20-24(10-11-24)22(30)29(20)33-18/h3-7,12-14H,10-11H2,1-2H3,(H,25,31). The molecule has 0 radical (unpaired) electrons. The Hall–Kier alpha value is -4.10. The third kappa shape index (κ3) is 3.24. The highest BCUT2D eigenvalue weighted by Gasteiger charge is 2.67. The maximum Gasteiger partial charge on any atom is 0.413 e. The number of carbonyl (C=O) groups excluding carboxylic acids is 2. The van der Waals surface area contributed by atoms with E-state index in [4.69, 9.17) is 9.57 Å². The SMILES string of the molecule is CC(OC(=O)Nc1c(C#Cc2cc3c(s2)C=C2N(O3)C(=O)C23CC3)nnn1C)c1ccccc1. The summed E-state index contributed by atoms with van der Waals surface area (Å²) in [4.78, 5) is 32.2. The van der Waals surface area contributed by atoms with Crippen molar-refractivity contribution in [3.63, 3.8) is 0 Å². The number of ether oxygens (including phenoxy) is 1. The topological polar surface area (TPSA) is 98.6 Å². The molecule has 170 valence electrons. The number of thiophene rings is 1. The second-order valence-electron chi connectivity index (χ2n) is 8.39. The molecule has 1 atom stereocenters. The smallest absolute Gasteiger partial charge is 0.413 e. The Morgan fingerprint density at radius 3 is 2.85 bits per heavy atom. The summed E-state index contributed by atoms with van der Waals surface area (Å²) in [5.74, 6) is 7.00. The first kappa shape index (κ1) is 20.5. The van der Waals surface area contributed by atoms with Gasteiger partial charge in [-0.3, -0.25) is 10.1 Å². The molecule has 10 heteroatoms. The fourth-order valence-electron chi connectivity index (χ4n) is 4.06. The molecule has 1 saturated carbocycles. The second-order valence-corrected chi connectivity index (χ2v) is 9.47. The molecule has 4 heterocycles. The summed E-state index contributed by atoms with van der Waals surface area (Å²) in [6.45, 7) is 1.80. The molecule has 34 heavy (non-hydrogen) atoms. The molecular formula is C24H19N5O4S. The maximum absolute atomic E-state index is 12.5. The van der Waals surface area contributed by atoms with E-state index in [0.717, 1.165) is 33.9 Å². The summed E-state index contributed by atoms with van der Waals surface area (Å²) in [5.41, 5.74) is 1.84. The number of nitrogens with one attached hydrogen (secondary N) is 1. The van der Waals surface area contributed by atoms with Gasteiger partial charge in [0.05, 0.1) is 20.9 Å². The molecule has 1 unspecified atom stereocenters. The summed E-state index contributed by atoms with van der Waals surface area (Å²) in [7, 11) is 1.66. The first-order valence-corrected chi connectivity index (χ1v) is 11.6. The summed E-state index contributed by atoms with van der Waals surface area (Å²) < 4.78 is 6.90. The highest BCUT2D eigenvalue weighted by atomic mass is 32.1. The second kappa shape index (κ2) is 7.46. The quantitative estimate of drug-likeness (QED) is 0.458. The average Bonchev–Trinajstić information content (AvgIpc) is 3.49. The number of aryl methyl sites for hydroxylation is 1. The molecule has 1 aromatic carbocycles. The zero-order valence-corrected chi connectivity index (χ0v) is 19.2. The normalized spacial score (nSPS) is 17.3. The van der Waals surface area contributed by atoms with Crippen LogP contribution in [0.5, 0.6) is 5.75 Å². The van der Waals surface area contributed by atoms with E-state index in [1.807, 2.05) is 36.4 Å². The molecule has 9 nitrogen and oxygen atoms in total. The molecule has 2 amide bonds. The zero-order chi connectivity index (χ0) is 23.4. The summed E-state index contributed by atoms with van der Waals surface area (Å²) in [6, 6.07) is 11.3. The molecule has 1 aliphatic carbocycles. The van der Waals surface area contributed by atoms with Crippen molar-refractivity contribution in [3.8, 4) is 17.6 Å². The third-order valence-electron chi connectivity index (χ3n) is 6.14. The number of rotatable bonds is 3. The van der Waals surface area contributed by atoms with Crippen molar-refractivity contribution in [1.82, 2.24) is 20.1 Å². The van der Waals surface area contributed by atoms with Gasteiger partial charge in [0.1, 0.15) is 6.10 Å². The van der Waals surface area contributed by atoms with E-state index in [2.05, 4.69) is 27.5 Å². The van der Waals surface area contributed by atoms with Gasteiger partial charge in [0.15, 0.2) is 17.3 Å². The highest BCUT2D eigenvalue weighted by Crippen LogP contribution is 2.63. The number of benzene rings is 1. The van der Waals surface area contributed by atoms with Crippen LogP contribution in [0.25, 0.3) is 6.08 Å². The van der Waals surface area contributed by atoms with Crippen LogP contribution in [0.15, 0.2) is 42.1 Å². The van der Waals surface area contributed by atoms with Gasteiger partial charge >= 0.3 is 6.09 Å². The van der Waals surface area contributed by atoms with Gasteiger partial charge in [-0.15, -0.1) is 21.5 Å². The van der Waals surface area contributed by atoms with Crippen molar-refractivity contribution >= 4 is 35.2 Å². The van der Waals surface area contributed by atoms with Crippen LogP contribution < -0.4 is 10.2 Å². The lowest BCUT2D eigenvalue weighted by molar-refractivity contribution is -0.175. The van der Waals surface area contributed by atoms with Gasteiger partial charge in [-0.25, -0.2) is 9.48 Å². The summed E-state index contributed by atoms with van der Waals surface area (Å²) in [5, 5.41) is 12.1. The van der Waals surface area contributed by atoms with Gasteiger partial charge in [-0.1, -0.05) is 35.5 Å². The number of β-lactam (4-membered cyclic amide) rings is 1. The van der Waals surface area contributed by atoms with Gasteiger partial charge in [-0.05, 0) is 43.2 Å². The number of hydroxylamine groups is 2. The molecule has 2 fully saturated rings. The third-order valence-corrected chi connectivity index (χ3v) is 7.12. The minimum atomic E-state index is -0.625. The van der Waals surface area contributed by atoms with Crippen LogP contribution in [-0.2, 0) is 16.6 Å². The van der Waals surface area contributed by atoms with Crippen LogP contribution in [0.4, 0.5) is 10.6 Å². The van der Waals surface area contributed by atoms with Crippen molar-refractivity contribution in [2.75, 3.05) is 5.32 Å². The number of amides is 2. The lowest BCUT2D eigenvalue weighted by Gasteiger charge is -2.42. The van der Waals surface area contributed by atoms with Crippen molar-refractivity contribution in [2.24, 2.45) is 12.5 Å². The molecule has 2 aromatic heterocycles. The van der Waals surface area contributed by atoms with Crippen molar-refractivity contribution in [2.45, 2.75) is 25.9 Å². The predicted molar refractivity (Wildman–Crippen MR) is 123 cm³/mol. The van der Waals surface area contributed by atoms with Crippen molar-refractivity contribution < 1.29 is 19.2 Å². The number of hydrogen-bond acceptors (Lipinski definition) is 7. The first-order valence-electron chi connectivity index (χ1n) is 10.8. The van der Waals surface area contributed by atoms with Crippen LogP contribution in [0.3, 0.4) is 0 Å². The van der Waals surface area contributed by atoms with Crippen LogP contribution in [-0.4, -0.2) is 32.1 Å². The van der Waals surface area contributed by atoms with Gasteiger partial charge in [0.25, 0.3) is 5.91 Å². The lowest BCUT2D eigenvalue weighted by Crippen LogP contribution is -2.54. The lowest BCUT2D eigenvalue weighted by atomic mass is 9.91. The Labute approximate surface area is 198 Å². The first-order chi connectivity index (χ1) is 16.4. The van der Waals surface area contributed by atoms with E-state index < -0.39 is 12.2 Å². The largest absolute Gasteiger partial charge is 0.441 e. The molecule has 6 rings (SSSR count). The van der Waals surface area contributed by atoms with Crippen molar-refractivity contribution in [1.29, 1.82) is 0 Å². The highest BCUT2D eigenvalue weighted by molar-refractivity contribution is 7.13. The zero-order valence-electron chi connectivity index (χ0n) is 18.4. The minimum Gasteiger partial charge on any atom is -0.441 e. The monoisotopic (exact) mass is 473 g/mol. The van der Waals surface area contributed by atoms with Crippen LogP contribution in [0.2, 0.25) is 0 Å². The van der Waals surface area contributed by atoms with Crippen LogP contribution in [0.1, 0.15) is 46.9 Å². The van der Waals surface area contributed by atoms with E-state index in [1.165, 1.54) is 21.1 Å². The summed E-state index contributed by atoms with van der Waals surface area (Å²) in [6.07, 6.45) is 2.75. The van der Waals surface area contributed by atoms with Crippen LogP contribution in [0, 0.1) is 17.3 Å². The predicted octanol–water partition coefficient (Wildman–Crippen LogP) is 3.86. The Balaban J connectivity index is 1.18. The fourth-order valence-corrected chi connectivity index (χ4v) is 4.93. The minimum absolute atomic E-state index is 0.0342. The number of nitrogens with zero attached hydrogens (tertiary/aromatic N) is 4. The van der Waals surface area contributed by atoms with Gasteiger partial charge in [-0.2, -0.15) is 0 Å². The Bertz CT molecular complexity index is 1420. The van der Waals surface area contributed by atoms with Gasteiger partial charge in [0.2, 0.25) is 0 Å². The van der Waals surface area contributed by atoms with E-state index in [-0.39, 0.29) is 11.3 Å². The molecule has 3 aromatic rings. The van der Waals surface area contributed by atoms with Gasteiger partial charge < -0.3 is 9.57 Å². The number of carbonyl (C=O) groups is 2. The van der Waals surface area contributed by atoms with Gasteiger partial charge in [0, 0.05) is 13.1 Å². The molecule has 1 N–H and O–H groups in total. The van der Waals surface area contributed by atoms with E-state index in [1.54, 1.807) is 20.0 Å².